The van der Waals surface area contributed by atoms with Crippen LogP contribution in [-0.2, 0) is 0 Å². The molecule has 0 aliphatic rings. The van der Waals surface area contributed by atoms with Crippen molar-refractivity contribution in [2.24, 2.45) is 0 Å². The number of hydrogen-bond donors (Lipinski definition) is 0. The Bertz CT molecular complexity index is 6620. The van der Waals surface area contributed by atoms with Gasteiger partial charge in [-0.15, -0.1) is 0 Å². The maximum Gasteiger partial charge on any atom is 0.0978 e. The number of aromatic nitrogens is 6. The van der Waals surface area contributed by atoms with Crippen LogP contribution >= 0.6 is 0 Å². The number of rotatable bonds is 7. The molecule has 96 heavy (non-hydrogen) atoms. The minimum absolute atomic E-state index is 0.859. The van der Waals surface area contributed by atoms with Crippen molar-refractivity contribution in [2.75, 3.05) is 0 Å². The van der Waals surface area contributed by atoms with Crippen LogP contribution in [0.4, 0.5) is 0 Å². The van der Waals surface area contributed by atoms with Crippen LogP contribution in [0.15, 0.2) is 315 Å². The van der Waals surface area contributed by atoms with Gasteiger partial charge in [0.05, 0.1) is 66.9 Å². The van der Waals surface area contributed by atoms with Crippen molar-refractivity contribution in [1.29, 1.82) is 0 Å². The van der Waals surface area contributed by atoms with E-state index in [2.05, 4.69) is 309 Å². The molecule has 0 aliphatic carbocycles. The second kappa shape index (κ2) is 21.3. The van der Waals surface area contributed by atoms with Crippen molar-refractivity contribution < 1.29 is 0 Å². The lowest BCUT2D eigenvalue weighted by Crippen LogP contribution is -1.94. The molecular formula is C90H52N6. The summed E-state index contributed by atoms with van der Waals surface area (Å²) in [5.41, 5.74) is 22.1. The van der Waals surface area contributed by atoms with Crippen molar-refractivity contribution >= 4 is 130 Å². The van der Waals surface area contributed by atoms with E-state index >= 15 is 0 Å². The van der Waals surface area contributed by atoms with Crippen molar-refractivity contribution in [3.05, 3.63) is 315 Å². The maximum absolute atomic E-state index is 5.61. The van der Waals surface area contributed by atoms with Gasteiger partial charge in [0.25, 0.3) is 0 Å². The fourth-order valence-corrected chi connectivity index (χ4v) is 15.0. The Hall–Kier alpha value is -12.9. The van der Waals surface area contributed by atoms with Gasteiger partial charge in [-0.25, -0.2) is 29.9 Å². The Labute approximate surface area is 550 Å². The van der Waals surface area contributed by atoms with Crippen molar-refractivity contribution in [1.82, 2.24) is 29.9 Å². The first-order valence-corrected chi connectivity index (χ1v) is 32.6. The number of pyridine rings is 6. The second-order valence-corrected chi connectivity index (χ2v) is 25.2. The molecular weight excluding hydrogens is 1170 g/mol. The minimum atomic E-state index is 0.859. The zero-order valence-corrected chi connectivity index (χ0v) is 51.7. The molecule has 0 unspecified atom stereocenters. The molecule has 442 valence electrons. The first kappa shape index (κ1) is 53.7. The molecule has 0 saturated carbocycles. The lowest BCUT2D eigenvalue weighted by atomic mass is 9.89. The molecule has 0 N–H and O–H groups in total. The van der Waals surface area contributed by atoms with Crippen molar-refractivity contribution in [3.63, 3.8) is 0 Å². The zero-order chi connectivity index (χ0) is 63.0. The molecule has 6 aromatic heterocycles. The average molecular weight is 1220 g/mol. The molecule has 0 spiro atoms. The highest BCUT2D eigenvalue weighted by molar-refractivity contribution is 6.27. The number of hydrogen-bond acceptors (Lipinski definition) is 6. The summed E-state index contributed by atoms with van der Waals surface area (Å²) in [5, 5.41) is 18.1. The third-order valence-corrected chi connectivity index (χ3v) is 19.8. The average Bonchev–Trinajstić information content (AvgIpc) is 0.741. The summed E-state index contributed by atoms with van der Waals surface area (Å²) in [7, 11) is 0. The summed E-state index contributed by atoms with van der Waals surface area (Å²) in [6.45, 7) is 0. The van der Waals surface area contributed by atoms with Crippen LogP contribution in [0.2, 0.25) is 0 Å². The summed E-state index contributed by atoms with van der Waals surface area (Å²) in [4.78, 5) is 31.9. The van der Waals surface area contributed by atoms with E-state index in [1.165, 1.54) is 48.7 Å². The van der Waals surface area contributed by atoms with Gasteiger partial charge in [0.2, 0.25) is 0 Å². The standard InChI is InChI=1S/C90H52N6/c1-3-15-66-54(12-1)14-11-20-71(66)85-46-39-64-52-75(72-42-47-80(95-90(72)89(64)96-85)55-26-24-53(25-27-55)60-38-45-82-65(48-60)49-62-13-2-8-21-78(62)91-82)61-34-40-69-70-41-35-63(51-77(70)68-17-5-4-16-67(68)76(69)50-61)81-44-37-59-33-32-58-36-43-79(93-87(58)88(59)94-81)56-28-30-57(31-29-56)86-73-18-6-9-22-83(73)92-84-23-10-7-19-74(84)86/h1-52H. The maximum atomic E-state index is 5.61. The molecule has 0 radical (unpaired) electrons. The van der Waals surface area contributed by atoms with E-state index in [-0.39, 0.29) is 0 Å². The van der Waals surface area contributed by atoms with Crippen LogP contribution in [0.3, 0.4) is 0 Å². The Morgan fingerprint density at radius 1 is 0.156 bits per heavy atom. The summed E-state index contributed by atoms with van der Waals surface area (Å²) >= 11 is 0. The quantitative estimate of drug-likeness (QED) is 0.117. The van der Waals surface area contributed by atoms with Gasteiger partial charge in [-0.1, -0.05) is 231 Å². The van der Waals surface area contributed by atoms with E-state index in [4.69, 9.17) is 29.9 Å². The van der Waals surface area contributed by atoms with Gasteiger partial charge in [-0.3, -0.25) is 0 Å². The van der Waals surface area contributed by atoms with Crippen LogP contribution in [0.25, 0.3) is 209 Å². The highest BCUT2D eigenvalue weighted by Crippen LogP contribution is 2.44. The lowest BCUT2D eigenvalue weighted by molar-refractivity contribution is 1.37. The van der Waals surface area contributed by atoms with E-state index in [0.29, 0.717) is 0 Å². The smallest absolute Gasteiger partial charge is 0.0978 e. The normalized spacial score (nSPS) is 12.0. The SMILES string of the molecule is c1ccc2nc3ccc(-c4ccc(-c5ccc6c(-c7ccc8c9ccc(-c%10ccc%11ccc%12ccc(-c%13ccc(-c%14c%15ccccc%15nc%15ccccc%14%15)cc%13)nc%12c%11n%10)cc9c9ccccc9c8c7)cc7ccc(-c8cccc9ccccc89)nc7c6n5)cc4)cc3cc2c1. The Balaban J connectivity index is 0.676. The molecule has 0 fully saturated rings. The minimum Gasteiger partial charge on any atom is -0.248 e. The van der Waals surface area contributed by atoms with E-state index in [0.717, 1.165) is 160 Å². The molecule has 6 heterocycles. The number of nitrogens with zero attached hydrogens (tertiary/aromatic N) is 6. The summed E-state index contributed by atoms with van der Waals surface area (Å²) in [5.74, 6) is 0. The third kappa shape index (κ3) is 8.73. The largest absolute Gasteiger partial charge is 0.248 e. The van der Waals surface area contributed by atoms with E-state index in [9.17, 15) is 0 Å². The highest BCUT2D eigenvalue weighted by Gasteiger charge is 2.20. The van der Waals surface area contributed by atoms with Crippen LogP contribution in [0, 0.1) is 0 Å². The number of fused-ring (bicyclic) bond motifs is 17. The van der Waals surface area contributed by atoms with Gasteiger partial charge < -0.3 is 0 Å². The first-order valence-electron chi connectivity index (χ1n) is 32.6. The van der Waals surface area contributed by atoms with Crippen molar-refractivity contribution in [2.45, 2.75) is 0 Å². The topological polar surface area (TPSA) is 77.3 Å². The van der Waals surface area contributed by atoms with Gasteiger partial charge in [0.1, 0.15) is 0 Å². The molecule has 14 aromatic carbocycles. The molecule has 0 saturated heterocycles. The fraction of sp³-hybridized carbons (Fsp3) is 0. The predicted octanol–water partition coefficient (Wildman–Crippen LogP) is 23.6. The van der Waals surface area contributed by atoms with Gasteiger partial charge in [-0.2, -0.15) is 0 Å². The van der Waals surface area contributed by atoms with Crippen LogP contribution in [0.1, 0.15) is 0 Å². The first-order chi connectivity index (χ1) is 47.5. The fourth-order valence-electron chi connectivity index (χ4n) is 15.0. The number of para-hydroxylation sites is 3. The van der Waals surface area contributed by atoms with E-state index < -0.39 is 0 Å². The van der Waals surface area contributed by atoms with E-state index in [1.54, 1.807) is 0 Å². The van der Waals surface area contributed by atoms with Crippen LogP contribution in [0.5, 0.6) is 0 Å². The van der Waals surface area contributed by atoms with Crippen molar-refractivity contribution in [3.8, 4) is 78.4 Å². The second-order valence-electron chi connectivity index (χ2n) is 25.2. The van der Waals surface area contributed by atoms with Gasteiger partial charge in [-0.05, 0) is 156 Å². The zero-order valence-electron chi connectivity index (χ0n) is 51.7. The van der Waals surface area contributed by atoms with Gasteiger partial charge in [0.15, 0.2) is 0 Å². The molecule has 0 atom stereocenters. The highest BCUT2D eigenvalue weighted by atomic mass is 14.8. The molecule has 0 bridgehead atoms. The lowest BCUT2D eigenvalue weighted by Gasteiger charge is -2.16. The summed E-state index contributed by atoms with van der Waals surface area (Å²) < 4.78 is 0. The van der Waals surface area contributed by atoms with E-state index in [1.807, 2.05) is 6.07 Å². The number of benzene rings is 14. The van der Waals surface area contributed by atoms with Crippen LogP contribution in [-0.4, -0.2) is 29.9 Å². The Morgan fingerprint density at radius 3 is 1.29 bits per heavy atom. The Kier molecular flexibility index (Phi) is 11.9. The summed E-state index contributed by atoms with van der Waals surface area (Å²) in [6.07, 6.45) is 0. The monoisotopic (exact) mass is 1220 g/mol. The van der Waals surface area contributed by atoms with Gasteiger partial charge in [0, 0.05) is 70.9 Å². The Morgan fingerprint density at radius 2 is 0.594 bits per heavy atom. The predicted molar refractivity (Wildman–Crippen MR) is 401 cm³/mol. The van der Waals surface area contributed by atoms with Gasteiger partial charge >= 0.3 is 0 Å². The van der Waals surface area contributed by atoms with Crippen LogP contribution < -0.4 is 0 Å². The molecule has 0 amide bonds. The third-order valence-electron chi connectivity index (χ3n) is 19.8. The molecule has 0 aliphatic heterocycles. The molecule has 20 rings (SSSR count). The molecule has 20 aromatic rings. The molecule has 6 heteroatoms. The molecule has 6 nitrogen and oxygen atoms in total. The summed E-state index contributed by atoms with van der Waals surface area (Å²) in [6, 6.07) is 113.